The van der Waals surface area contributed by atoms with Crippen LogP contribution in [0.15, 0.2) is 119 Å². The topological polar surface area (TPSA) is 61.6 Å². The van der Waals surface area contributed by atoms with Gasteiger partial charge in [0.1, 0.15) is 50.0 Å². The molecule has 39 heavy (non-hydrogen) atoms. The van der Waals surface area contributed by atoms with Crippen molar-refractivity contribution in [3.05, 3.63) is 131 Å². The van der Waals surface area contributed by atoms with Gasteiger partial charge in [-0.15, -0.1) is 0 Å². The lowest BCUT2D eigenvalue weighted by Gasteiger charge is -2.09. The highest BCUT2D eigenvalue weighted by atomic mass is 16.5. The van der Waals surface area contributed by atoms with Gasteiger partial charge in [-0.3, -0.25) is 0 Å². The van der Waals surface area contributed by atoms with Crippen LogP contribution >= 0.6 is 0 Å². The minimum atomic E-state index is -0.0376. The molecule has 0 amide bonds. The van der Waals surface area contributed by atoms with Gasteiger partial charge < -0.3 is 18.9 Å². The van der Waals surface area contributed by atoms with E-state index in [-0.39, 0.29) is 12.1 Å². The Balaban J connectivity index is 1.00. The summed E-state index contributed by atoms with van der Waals surface area (Å²) in [5, 5.41) is 0. The van der Waals surface area contributed by atoms with Gasteiger partial charge in [-0.05, 0) is 46.5 Å². The second-order valence-corrected chi connectivity index (χ2v) is 9.56. The van der Waals surface area contributed by atoms with Crippen molar-refractivity contribution in [1.29, 1.82) is 0 Å². The Morgan fingerprint density at radius 1 is 0.538 bits per heavy atom. The fourth-order valence-corrected chi connectivity index (χ4v) is 4.57. The summed E-state index contributed by atoms with van der Waals surface area (Å²) < 4.78 is 23.6. The molecule has 0 aromatic heterocycles. The smallest absolute Gasteiger partial charge is 0.193 e. The van der Waals surface area contributed by atoms with Gasteiger partial charge >= 0.3 is 0 Å². The van der Waals surface area contributed by atoms with Crippen LogP contribution in [0.3, 0.4) is 0 Å². The molecular weight excluding hydrogens is 488 g/mol. The molecule has 0 saturated heterocycles. The van der Waals surface area contributed by atoms with Crippen molar-refractivity contribution >= 4 is 11.8 Å². The van der Waals surface area contributed by atoms with Gasteiger partial charge in [0.2, 0.25) is 0 Å². The highest BCUT2D eigenvalue weighted by Gasteiger charge is 2.26. The summed E-state index contributed by atoms with van der Waals surface area (Å²) in [6, 6.07) is 36.3. The molecule has 2 heterocycles. The van der Waals surface area contributed by atoms with Crippen molar-refractivity contribution in [2.45, 2.75) is 31.7 Å². The molecule has 0 bridgehead atoms. The van der Waals surface area contributed by atoms with Crippen LogP contribution in [0, 0.1) is 0 Å². The summed E-state index contributed by atoms with van der Waals surface area (Å²) in [5.74, 6) is 2.99. The highest BCUT2D eigenvalue weighted by Crippen LogP contribution is 2.29. The van der Waals surface area contributed by atoms with E-state index >= 15 is 0 Å². The van der Waals surface area contributed by atoms with Crippen molar-refractivity contribution in [2.24, 2.45) is 9.98 Å². The first kappa shape index (κ1) is 24.7. The molecule has 0 unspecified atom stereocenters. The van der Waals surface area contributed by atoms with E-state index in [1.807, 2.05) is 84.9 Å². The van der Waals surface area contributed by atoms with Crippen molar-refractivity contribution in [3.63, 3.8) is 0 Å². The Kier molecular flexibility index (Phi) is 7.52. The SMILES string of the molecule is c1ccc(COc2ccc([C@@H]3COC(CC4=N[C@H](c5ccc(OCc6ccccc6)cc5)CO4)=N3)cc2)cc1. The third kappa shape index (κ3) is 6.47. The summed E-state index contributed by atoms with van der Waals surface area (Å²) >= 11 is 0. The van der Waals surface area contributed by atoms with Crippen molar-refractivity contribution in [1.82, 2.24) is 0 Å². The molecule has 0 saturated carbocycles. The molecule has 4 aromatic carbocycles. The first-order valence-electron chi connectivity index (χ1n) is 13.2. The Hall–Kier alpha value is -4.58. The van der Waals surface area contributed by atoms with Gasteiger partial charge in [-0.2, -0.15) is 0 Å². The molecule has 6 heteroatoms. The lowest BCUT2D eigenvalue weighted by atomic mass is 10.1. The third-order valence-corrected chi connectivity index (χ3v) is 6.74. The summed E-state index contributed by atoms with van der Waals surface area (Å²) in [5.41, 5.74) is 4.48. The number of aliphatic imine (C=N–C) groups is 2. The summed E-state index contributed by atoms with van der Waals surface area (Å²) in [4.78, 5) is 9.55. The largest absolute Gasteiger partial charge is 0.489 e. The molecule has 0 N–H and O–H groups in total. The van der Waals surface area contributed by atoms with Crippen LogP contribution < -0.4 is 9.47 Å². The van der Waals surface area contributed by atoms with Gasteiger partial charge in [0.25, 0.3) is 0 Å². The van der Waals surface area contributed by atoms with Crippen LogP contribution in [-0.2, 0) is 22.7 Å². The van der Waals surface area contributed by atoms with Crippen LogP contribution in [-0.4, -0.2) is 25.0 Å². The quantitative estimate of drug-likeness (QED) is 0.230. The fraction of sp³-hybridized carbons (Fsp3) is 0.212. The zero-order valence-corrected chi connectivity index (χ0v) is 21.6. The maximum atomic E-state index is 5.90. The maximum Gasteiger partial charge on any atom is 0.193 e. The number of hydrogen-bond acceptors (Lipinski definition) is 6. The van der Waals surface area contributed by atoms with Crippen LogP contribution in [0.5, 0.6) is 11.5 Å². The minimum Gasteiger partial charge on any atom is -0.489 e. The van der Waals surface area contributed by atoms with E-state index in [0.717, 1.165) is 33.8 Å². The van der Waals surface area contributed by atoms with Crippen LogP contribution in [0.2, 0.25) is 0 Å². The highest BCUT2D eigenvalue weighted by molar-refractivity contribution is 5.98. The van der Waals surface area contributed by atoms with E-state index in [0.29, 0.717) is 44.6 Å². The van der Waals surface area contributed by atoms with Gasteiger partial charge in [0.05, 0.1) is 6.42 Å². The predicted octanol–water partition coefficient (Wildman–Crippen LogP) is 6.87. The zero-order chi connectivity index (χ0) is 26.3. The molecule has 0 aliphatic carbocycles. The summed E-state index contributed by atoms with van der Waals surface area (Å²) in [7, 11) is 0. The van der Waals surface area contributed by atoms with Crippen LogP contribution in [0.4, 0.5) is 0 Å². The second-order valence-electron chi connectivity index (χ2n) is 9.56. The monoisotopic (exact) mass is 518 g/mol. The van der Waals surface area contributed by atoms with E-state index in [2.05, 4.69) is 24.3 Å². The van der Waals surface area contributed by atoms with Crippen LogP contribution in [0.25, 0.3) is 0 Å². The molecule has 0 radical (unpaired) electrons. The Morgan fingerprint density at radius 3 is 1.36 bits per heavy atom. The molecule has 2 aliphatic rings. The number of benzene rings is 4. The normalized spacial score (nSPS) is 18.1. The number of nitrogens with zero attached hydrogens (tertiary/aromatic N) is 2. The second kappa shape index (κ2) is 11.9. The van der Waals surface area contributed by atoms with Crippen molar-refractivity contribution in [2.75, 3.05) is 13.2 Å². The van der Waals surface area contributed by atoms with Gasteiger partial charge in [0.15, 0.2) is 11.8 Å². The van der Waals surface area contributed by atoms with Gasteiger partial charge in [-0.1, -0.05) is 84.9 Å². The average molecular weight is 519 g/mol. The Bertz CT molecular complexity index is 1310. The van der Waals surface area contributed by atoms with E-state index in [4.69, 9.17) is 28.9 Å². The number of rotatable bonds is 10. The Labute approximate surface area is 228 Å². The molecular formula is C33H30N2O4. The van der Waals surface area contributed by atoms with Crippen molar-refractivity contribution in [3.8, 4) is 11.5 Å². The number of hydrogen-bond donors (Lipinski definition) is 0. The first-order valence-corrected chi connectivity index (χ1v) is 13.2. The van der Waals surface area contributed by atoms with E-state index in [1.54, 1.807) is 0 Å². The number of ether oxygens (including phenoxy) is 4. The molecule has 2 atom stereocenters. The molecule has 0 fully saturated rings. The van der Waals surface area contributed by atoms with E-state index < -0.39 is 0 Å². The lowest BCUT2D eigenvalue weighted by molar-refractivity contribution is 0.298. The summed E-state index contributed by atoms with van der Waals surface area (Å²) in [6.45, 7) is 2.12. The molecule has 196 valence electrons. The van der Waals surface area contributed by atoms with E-state index in [1.165, 1.54) is 0 Å². The minimum absolute atomic E-state index is 0.0376. The predicted molar refractivity (Wildman–Crippen MR) is 151 cm³/mol. The molecule has 6 nitrogen and oxygen atoms in total. The molecule has 2 aliphatic heterocycles. The van der Waals surface area contributed by atoms with E-state index in [9.17, 15) is 0 Å². The standard InChI is InChI=1S/C33H30N2O4/c1-3-7-24(8-4-1)20-36-28-15-11-26(12-16-28)30-22-38-32(34-30)19-33-35-31(23-39-33)27-13-17-29(18-14-27)37-21-25-9-5-2-6-10-25/h1-18,30-31H,19-23H2/t30-,31-/m0/s1. The molecule has 6 rings (SSSR count). The fourth-order valence-electron chi connectivity index (χ4n) is 4.57. The summed E-state index contributed by atoms with van der Waals surface area (Å²) in [6.07, 6.45) is 0.462. The molecule has 4 aromatic rings. The van der Waals surface area contributed by atoms with Gasteiger partial charge in [-0.25, -0.2) is 9.98 Å². The third-order valence-electron chi connectivity index (χ3n) is 6.74. The Morgan fingerprint density at radius 2 is 0.949 bits per heavy atom. The maximum absolute atomic E-state index is 5.90. The van der Waals surface area contributed by atoms with Gasteiger partial charge in [0, 0.05) is 0 Å². The average Bonchev–Trinajstić information content (AvgIpc) is 3.67. The zero-order valence-electron chi connectivity index (χ0n) is 21.6. The van der Waals surface area contributed by atoms with Crippen LogP contribution in [0.1, 0.15) is 40.8 Å². The molecule has 0 spiro atoms. The lowest BCUT2D eigenvalue weighted by Crippen LogP contribution is -2.08. The van der Waals surface area contributed by atoms with Crippen molar-refractivity contribution < 1.29 is 18.9 Å². The first-order chi connectivity index (χ1) is 19.3.